The molecule has 0 spiro atoms. The molecule has 0 aromatic carbocycles. The highest BCUT2D eigenvalue weighted by Gasteiger charge is 2.61. The zero-order valence-corrected chi connectivity index (χ0v) is 25.5. The highest BCUT2D eigenvalue weighted by Crippen LogP contribution is 2.50. The van der Waals surface area contributed by atoms with Crippen molar-refractivity contribution < 1.29 is 0 Å². The minimum atomic E-state index is -1.73. The predicted octanol–water partition coefficient (Wildman–Crippen LogP) is 9.01. The minimum absolute atomic E-state index is 0.137. The van der Waals surface area contributed by atoms with Gasteiger partial charge in [0.1, 0.15) is 0 Å². The highest BCUT2D eigenvalue weighted by atomic mass is 28.4. The Morgan fingerprint density at radius 3 is 0.733 bits per heavy atom. The first-order valence-electron chi connectivity index (χ1n) is 13.3. The van der Waals surface area contributed by atoms with Crippen LogP contribution in [0.2, 0.25) is 36.3 Å². The van der Waals surface area contributed by atoms with Gasteiger partial charge >= 0.3 is 0 Å². The molecule has 182 valence electrons. The molecule has 0 aliphatic carbocycles. The topological polar surface area (TPSA) is 26.0 Å². The van der Waals surface area contributed by atoms with Gasteiger partial charge in [-0.25, -0.2) is 0 Å². The zero-order chi connectivity index (χ0) is 23.9. The lowest BCUT2D eigenvalue weighted by Crippen LogP contribution is -2.79. The van der Waals surface area contributed by atoms with Gasteiger partial charge in [-0.2, -0.15) is 0 Å². The van der Waals surface area contributed by atoms with E-state index in [9.17, 15) is 0 Å². The smallest absolute Gasteiger partial charge is 0.0733 e. The molecule has 0 unspecified atom stereocenters. The van der Waals surface area contributed by atoms with Crippen LogP contribution in [0, 0.1) is 35.5 Å². The lowest BCUT2D eigenvalue weighted by molar-refractivity contribution is 0.547. The van der Waals surface area contributed by atoms with Gasteiger partial charge in [0.15, 0.2) is 0 Å². The Balaban J connectivity index is 7.07. The van der Waals surface area contributed by atoms with Crippen molar-refractivity contribution in [3.63, 3.8) is 0 Å². The van der Waals surface area contributed by atoms with Crippen LogP contribution in [-0.4, -0.2) is 20.9 Å². The Morgan fingerprint density at radius 2 is 0.633 bits per heavy atom. The van der Waals surface area contributed by atoms with E-state index in [-0.39, 0.29) is 4.79 Å². The molecule has 0 amide bonds. The molecular weight excluding hydrogens is 394 g/mol. The van der Waals surface area contributed by atoms with Crippen LogP contribution in [0.25, 0.3) is 0 Å². The molecule has 0 heterocycles. The van der Waals surface area contributed by atoms with Crippen LogP contribution in [0.3, 0.4) is 0 Å². The number of nitrogens with two attached hydrogens (primary N) is 1. The monoisotopic (exact) mass is 455 g/mol. The summed E-state index contributed by atoms with van der Waals surface area (Å²) in [6, 6.07) is 8.56. The van der Waals surface area contributed by atoms with Crippen LogP contribution in [0.15, 0.2) is 0 Å². The summed E-state index contributed by atoms with van der Waals surface area (Å²) >= 11 is 0. The van der Waals surface area contributed by atoms with E-state index in [2.05, 4.69) is 90.0 Å². The second kappa shape index (κ2) is 12.6. The maximum absolute atomic E-state index is 8.07. The summed E-state index contributed by atoms with van der Waals surface area (Å²) in [5.41, 5.74) is 8.07. The second-order valence-corrected chi connectivity index (χ2v) is 23.3. The number of hydrogen-bond acceptors (Lipinski definition) is 1. The molecule has 0 bridgehead atoms. The number of rotatable bonds is 15. The van der Waals surface area contributed by atoms with Gasteiger partial charge in [-0.05, 0) is 41.9 Å². The van der Waals surface area contributed by atoms with Gasteiger partial charge in [-0.1, -0.05) is 126 Å². The first kappa shape index (κ1) is 30.4. The van der Waals surface area contributed by atoms with Crippen LogP contribution in [-0.2, 0) is 0 Å². The Hall–Kier alpha value is 0.394. The molecule has 0 aliphatic rings. The molecule has 2 N–H and O–H groups in total. The third-order valence-electron chi connectivity index (χ3n) is 7.24. The molecule has 0 saturated carbocycles. The molecule has 0 aromatic heterocycles. The van der Waals surface area contributed by atoms with Crippen molar-refractivity contribution in [3.05, 3.63) is 0 Å². The van der Waals surface area contributed by atoms with Crippen LogP contribution in [0.5, 0.6) is 0 Å². The quantitative estimate of drug-likeness (QED) is 0.245. The highest BCUT2D eigenvalue weighted by molar-refractivity contribution is 7.02. The first-order chi connectivity index (χ1) is 13.6. The van der Waals surface area contributed by atoms with Crippen molar-refractivity contribution in [1.82, 2.24) is 0 Å². The molecule has 0 aromatic rings. The predicted molar refractivity (Wildman–Crippen MR) is 147 cm³/mol. The average Bonchev–Trinajstić information content (AvgIpc) is 2.49. The third-order valence-corrected chi connectivity index (χ3v) is 24.5. The van der Waals surface area contributed by atoms with Crippen molar-refractivity contribution in [1.29, 1.82) is 0 Å². The largest absolute Gasteiger partial charge is 0.330 e. The summed E-state index contributed by atoms with van der Waals surface area (Å²) in [6.07, 6.45) is 1.21. The van der Waals surface area contributed by atoms with Gasteiger partial charge < -0.3 is 5.73 Å². The Bertz CT molecular complexity index is 374. The Labute approximate surface area is 194 Å². The summed E-state index contributed by atoms with van der Waals surface area (Å²) in [5, 5.41) is 0. The van der Waals surface area contributed by atoms with Crippen LogP contribution in [0.1, 0.15) is 96.4 Å². The fourth-order valence-electron chi connectivity index (χ4n) is 7.59. The Morgan fingerprint density at radius 1 is 0.467 bits per heavy atom. The van der Waals surface area contributed by atoms with Crippen LogP contribution < -0.4 is 5.73 Å². The van der Waals surface area contributed by atoms with E-state index in [1.165, 1.54) is 42.7 Å². The second-order valence-electron chi connectivity index (χ2n) is 13.5. The molecule has 0 radical (unpaired) electrons. The molecule has 0 fully saturated rings. The minimum Gasteiger partial charge on any atom is -0.330 e. The molecular formula is C27H61NSi2. The van der Waals surface area contributed by atoms with E-state index in [1.54, 1.807) is 0 Å². The van der Waals surface area contributed by atoms with Gasteiger partial charge in [0.25, 0.3) is 0 Å². The SMILES string of the molecule is CCC(N)([Si](CC(C)C)(CC(C)C)CC(C)C)[Si](CC(C)C)(CC(C)C)CC(C)C. The van der Waals surface area contributed by atoms with E-state index in [0.29, 0.717) is 0 Å². The maximum atomic E-state index is 8.07. The van der Waals surface area contributed by atoms with Crippen molar-refractivity contribution >= 4 is 16.1 Å². The summed E-state index contributed by atoms with van der Waals surface area (Å²) in [4.78, 5) is 0.137. The van der Waals surface area contributed by atoms with Crippen molar-refractivity contribution in [2.24, 2.45) is 41.2 Å². The van der Waals surface area contributed by atoms with E-state index >= 15 is 0 Å². The van der Waals surface area contributed by atoms with Crippen molar-refractivity contribution in [2.75, 3.05) is 0 Å². The lowest BCUT2D eigenvalue weighted by atomic mass is 10.2. The molecule has 0 aliphatic heterocycles. The number of hydrogen-bond donors (Lipinski definition) is 1. The van der Waals surface area contributed by atoms with Gasteiger partial charge in [0.2, 0.25) is 0 Å². The maximum Gasteiger partial charge on any atom is 0.0733 e. The summed E-state index contributed by atoms with van der Waals surface area (Å²) in [5.74, 6) is 4.54. The van der Waals surface area contributed by atoms with E-state index in [4.69, 9.17) is 5.73 Å². The molecule has 0 rings (SSSR count). The van der Waals surface area contributed by atoms with Gasteiger partial charge in [0.05, 0.1) is 16.1 Å². The fourth-order valence-corrected chi connectivity index (χ4v) is 28.0. The van der Waals surface area contributed by atoms with Crippen LogP contribution >= 0.6 is 0 Å². The molecule has 1 nitrogen and oxygen atoms in total. The van der Waals surface area contributed by atoms with E-state index in [0.717, 1.165) is 35.5 Å². The molecule has 30 heavy (non-hydrogen) atoms. The summed E-state index contributed by atoms with van der Waals surface area (Å²) in [6.45, 7) is 32.1. The van der Waals surface area contributed by atoms with E-state index < -0.39 is 16.1 Å². The standard InChI is InChI=1S/C27H61NSi2/c1-14-27(28,29(15-21(2)3,16-22(4)5)17-23(6)7)30(18-24(8)9,19-25(10)11)20-26(12)13/h21-26H,14-20,28H2,1-13H3. The Kier molecular flexibility index (Phi) is 12.7. The summed E-state index contributed by atoms with van der Waals surface area (Å²) < 4.78 is 0. The normalized spacial score (nSPS) is 14.4. The van der Waals surface area contributed by atoms with Crippen LogP contribution in [0.4, 0.5) is 0 Å². The molecule has 0 saturated heterocycles. The zero-order valence-electron chi connectivity index (χ0n) is 23.5. The third kappa shape index (κ3) is 8.07. The van der Waals surface area contributed by atoms with Gasteiger partial charge in [-0.15, -0.1) is 0 Å². The van der Waals surface area contributed by atoms with Crippen molar-refractivity contribution in [2.45, 2.75) is 137 Å². The summed E-state index contributed by atoms with van der Waals surface area (Å²) in [7, 11) is -3.47. The first-order valence-corrected chi connectivity index (χ1v) is 18.6. The molecule has 3 heteroatoms. The van der Waals surface area contributed by atoms with Gasteiger partial charge in [0, 0.05) is 4.79 Å². The van der Waals surface area contributed by atoms with E-state index in [1.807, 2.05) is 0 Å². The fraction of sp³-hybridized carbons (Fsp3) is 1.00. The average molecular weight is 456 g/mol. The molecule has 0 atom stereocenters. The van der Waals surface area contributed by atoms with Crippen molar-refractivity contribution in [3.8, 4) is 0 Å². The lowest BCUT2D eigenvalue weighted by Gasteiger charge is -2.60. The van der Waals surface area contributed by atoms with Gasteiger partial charge in [-0.3, -0.25) is 0 Å².